The van der Waals surface area contributed by atoms with Crippen LogP contribution >= 0.6 is 0 Å². The van der Waals surface area contributed by atoms with Crippen LogP contribution in [-0.4, -0.2) is 13.1 Å². The van der Waals surface area contributed by atoms with E-state index in [0.717, 1.165) is 0 Å². The fraction of sp³-hybridized carbons (Fsp3) is 0.900. The average molecular weight is 170 g/mol. The van der Waals surface area contributed by atoms with Crippen molar-refractivity contribution in [2.45, 2.75) is 39.0 Å². The molecule has 1 rings (SSSR count). The number of carbonyl (C=O) groups excluding carboxylic acids is 1. The third-order valence-corrected chi connectivity index (χ3v) is 2.93. The van der Waals surface area contributed by atoms with E-state index in [1.807, 2.05) is 6.92 Å². The topological polar surface area (TPSA) is 26.3 Å². The largest absolute Gasteiger partial charge is 0.469 e. The van der Waals surface area contributed by atoms with Crippen molar-refractivity contribution in [2.24, 2.45) is 11.8 Å². The molecule has 0 amide bonds. The molecule has 0 heterocycles. The highest BCUT2D eigenvalue weighted by Crippen LogP contribution is 2.30. The summed E-state index contributed by atoms with van der Waals surface area (Å²) in [4.78, 5) is 11.2. The Kier molecular flexibility index (Phi) is 3.57. The van der Waals surface area contributed by atoms with Gasteiger partial charge >= 0.3 is 5.97 Å². The van der Waals surface area contributed by atoms with Gasteiger partial charge in [-0.25, -0.2) is 0 Å². The van der Waals surface area contributed by atoms with E-state index in [2.05, 4.69) is 0 Å². The van der Waals surface area contributed by atoms with Gasteiger partial charge in [-0.05, 0) is 18.8 Å². The second-order valence-electron chi connectivity index (χ2n) is 3.71. The van der Waals surface area contributed by atoms with Crippen LogP contribution in [0.2, 0.25) is 0 Å². The molecule has 2 heteroatoms. The minimum atomic E-state index is -0.0399. The number of hydrogen-bond acceptors (Lipinski definition) is 2. The normalized spacial score (nSPS) is 21.8. The average Bonchev–Trinajstić information content (AvgIpc) is 2.17. The lowest BCUT2D eigenvalue weighted by Gasteiger charge is -2.25. The molecule has 0 aromatic carbocycles. The van der Waals surface area contributed by atoms with E-state index in [0.29, 0.717) is 5.92 Å². The third-order valence-electron chi connectivity index (χ3n) is 2.93. The molecule has 0 radical (unpaired) electrons. The number of hydrogen-bond donors (Lipinski definition) is 0. The molecule has 0 N–H and O–H groups in total. The second kappa shape index (κ2) is 4.48. The zero-order valence-electron chi connectivity index (χ0n) is 8.01. The van der Waals surface area contributed by atoms with Gasteiger partial charge in [0.25, 0.3) is 0 Å². The van der Waals surface area contributed by atoms with Crippen LogP contribution < -0.4 is 0 Å². The van der Waals surface area contributed by atoms with E-state index in [-0.39, 0.29) is 11.9 Å². The Morgan fingerprint density at radius 1 is 1.33 bits per heavy atom. The standard InChI is InChI=1S/C10H18O2/c1-8(10(11)12-2)9-6-4-3-5-7-9/h8-9H,3-7H2,1-2H3/t8-/m0/s1. The Hall–Kier alpha value is -0.530. The van der Waals surface area contributed by atoms with Crippen LogP contribution in [0.5, 0.6) is 0 Å². The van der Waals surface area contributed by atoms with Crippen LogP contribution in [0.4, 0.5) is 0 Å². The smallest absolute Gasteiger partial charge is 0.308 e. The first kappa shape index (κ1) is 9.56. The van der Waals surface area contributed by atoms with Crippen molar-refractivity contribution in [1.29, 1.82) is 0 Å². The first-order valence-electron chi connectivity index (χ1n) is 4.83. The van der Waals surface area contributed by atoms with Crippen LogP contribution in [0, 0.1) is 11.8 Å². The maximum absolute atomic E-state index is 11.2. The number of rotatable bonds is 2. The van der Waals surface area contributed by atoms with Crippen molar-refractivity contribution in [2.75, 3.05) is 7.11 Å². The predicted octanol–water partition coefficient (Wildman–Crippen LogP) is 2.38. The van der Waals surface area contributed by atoms with E-state index < -0.39 is 0 Å². The van der Waals surface area contributed by atoms with E-state index in [1.165, 1.54) is 39.2 Å². The molecule has 2 nitrogen and oxygen atoms in total. The Bertz CT molecular complexity index is 148. The lowest BCUT2D eigenvalue weighted by atomic mass is 9.81. The highest BCUT2D eigenvalue weighted by atomic mass is 16.5. The van der Waals surface area contributed by atoms with E-state index >= 15 is 0 Å². The molecule has 0 aromatic rings. The second-order valence-corrected chi connectivity index (χ2v) is 3.71. The van der Waals surface area contributed by atoms with Gasteiger partial charge in [0, 0.05) is 0 Å². The fourth-order valence-electron chi connectivity index (χ4n) is 2.01. The Labute approximate surface area is 74.3 Å². The van der Waals surface area contributed by atoms with E-state index in [1.54, 1.807) is 0 Å². The quantitative estimate of drug-likeness (QED) is 0.595. The molecule has 1 atom stereocenters. The minimum absolute atomic E-state index is 0.0399. The van der Waals surface area contributed by atoms with Crippen LogP contribution in [-0.2, 0) is 9.53 Å². The van der Waals surface area contributed by atoms with Crippen molar-refractivity contribution >= 4 is 5.97 Å². The summed E-state index contributed by atoms with van der Waals surface area (Å²) >= 11 is 0. The van der Waals surface area contributed by atoms with Crippen LogP contribution in [0.3, 0.4) is 0 Å². The Morgan fingerprint density at radius 3 is 2.42 bits per heavy atom. The minimum Gasteiger partial charge on any atom is -0.469 e. The van der Waals surface area contributed by atoms with Gasteiger partial charge in [0.15, 0.2) is 0 Å². The Morgan fingerprint density at radius 2 is 1.92 bits per heavy atom. The van der Waals surface area contributed by atoms with Crippen LogP contribution in [0.1, 0.15) is 39.0 Å². The van der Waals surface area contributed by atoms with Crippen molar-refractivity contribution in [1.82, 2.24) is 0 Å². The first-order valence-corrected chi connectivity index (χ1v) is 4.83. The van der Waals surface area contributed by atoms with Gasteiger partial charge in [0.2, 0.25) is 0 Å². The highest BCUT2D eigenvalue weighted by molar-refractivity contribution is 5.72. The van der Waals surface area contributed by atoms with Gasteiger partial charge in [-0.15, -0.1) is 0 Å². The van der Waals surface area contributed by atoms with Gasteiger partial charge in [0.1, 0.15) is 0 Å². The molecule has 0 bridgehead atoms. The maximum Gasteiger partial charge on any atom is 0.308 e. The molecule has 0 spiro atoms. The van der Waals surface area contributed by atoms with Crippen molar-refractivity contribution in [3.63, 3.8) is 0 Å². The molecule has 0 saturated heterocycles. The third kappa shape index (κ3) is 2.23. The molecule has 1 fully saturated rings. The molecule has 0 aliphatic heterocycles. The summed E-state index contributed by atoms with van der Waals surface area (Å²) in [7, 11) is 1.47. The Balaban J connectivity index is 2.39. The SMILES string of the molecule is COC(=O)[C@@H](C)C1CCCCC1. The molecule has 0 aromatic heterocycles. The van der Waals surface area contributed by atoms with E-state index in [9.17, 15) is 4.79 Å². The number of carbonyl (C=O) groups is 1. The van der Waals surface area contributed by atoms with Crippen LogP contribution in [0.15, 0.2) is 0 Å². The van der Waals surface area contributed by atoms with Crippen molar-refractivity contribution in [3.05, 3.63) is 0 Å². The van der Waals surface area contributed by atoms with Gasteiger partial charge < -0.3 is 4.74 Å². The maximum atomic E-state index is 11.2. The summed E-state index contributed by atoms with van der Waals surface area (Å²) in [6.45, 7) is 1.99. The molecule has 1 saturated carbocycles. The summed E-state index contributed by atoms with van der Waals surface area (Å²) in [5.74, 6) is 0.642. The van der Waals surface area contributed by atoms with Crippen molar-refractivity contribution in [3.8, 4) is 0 Å². The number of esters is 1. The molecule has 70 valence electrons. The molecular weight excluding hydrogens is 152 g/mol. The number of ether oxygens (including phenoxy) is 1. The molecule has 1 aliphatic carbocycles. The summed E-state index contributed by atoms with van der Waals surface area (Å²) in [5.41, 5.74) is 0. The molecule has 0 unspecified atom stereocenters. The van der Waals surface area contributed by atoms with Gasteiger partial charge in [-0.2, -0.15) is 0 Å². The van der Waals surface area contributed by atoms with Crippen LogP contribution in [0.25, 0.3) is 0 Å². The summed E-state index contributed by atoms with van der Waals surface area (Å²) in [5, 5.41) is 0. The fourth-order valence-corrected chi connectivity index (χ4v) is 2.01. The molecule has 12 heavy (non-hydrogen) atoms. The lowest BCUT2D eigenvalue weighted by molar-refractivity contribution is -0.147. The van der Waals surface area contributed by atoms with Gasteiger partial charge in [-0.1, -0.05) is 26.2 Å². The zero-order chi connectivity index (χ0) is 8.97. The van der Waals surface area contributed by atoms with E-state index in [4.69, 9.17) is 4.74 Å². The van der Waals surface area contributed by atoms with Gasteiger partial charge in [-0.3, -0.25) is 4.79 Å². The summed E-state index contributed by atoms with van der Waals surface area (Å²) in [6, 6.07) is 0. The lowest BCUT2D eigenvalue weighted by Crippen LogP contribution is -2.24. The highest BCUT2D eigenvalue weighted by Gasteiger charge is 2.25. The first-order chi connectivity index (χ1) is 5.75. The molecule has 1 aliphatic rings. The summed E-state index contributed by atoms with van der Waals surface area (Å²) < 4.78 is 4.73. The van der Waals surface area contributed by atoms with Crippen molar-refractivity contribution < 1.29 is 9.53 Å². The summed E-state index contributed by atoms with van der Waals surface area (Å²) in [6.07, 6.45) is 6.31. The van der Waals surface area contributed by atoms with Gasteiger partial charge in [0.05, 0.1) is 13.0 Å². The monoisotopic (exact) mass is 170 g/mol. The number of methoxy groups -OCH3 is 1. The zero-order valence-corrected chi connectivity index (χ0v) is 8.01. The molecular formula is C10H18O2. The predicted molar refractivity (Wildman–Crippen MR) is 47.8 cm³/mol.